The van der Waals surface area contributed by atoms with Crippen LogP contribution < -0.4 is 0 Å². The van der Waals surface area contributed by atoms with Crippen LogP contribution in [0, 0.1) is 0 Å². The summed E-state index contributed by atoms with van der Waals surface area (Å²) in [5, 5.41) is 8.49. The summed E-state index contributed by atoms with van der Waals surface area (Å²) >= 11 is 3.26. The van der Waals surface area contributed by atoms with E-state index in [0.717, 1.165) is 4.60 Å². The van der Waals surface area contributed by atoms with Gasteiger partial charge < -0.3 is 9.67 Å². The van der Waals surface area contributed by atoms with Gasteiger partial charge in [0.2, 0.25) is 0 Å². The van der Waals surface area contributed by atoms with Gasteiger partial charge in [0.05, 0.1) is 19.1 Å². The number of imidazole rings is 1. The summed E-state index contributed by atoms with van der Waals surface area (Å²) in [6.45, 7) is 0.746. The molecule has 0 aromatic carbocycles. The van der Waals surface area contributed by atoms with Gasteiger partial charge >= 0.3 is 0 Å². The zero-order valence-electron chi connectivity index (χ0n) is 4.79. The Bertz CT molecular complexity index is 187. The third kappa shape index (κ3) is 1.53. The molecule has 1 rings (SSSR count). The third-order valence-corrected chi connectivity index (χ3v) is 1.66. The normalized spacial score (nSPS) is 10.0. The molecule has 0 unspecified atom stereocenters. The minimum absolute atomic E-state index is 0.148. The Kier molecular flexibility index (Phi) is 2.24. The first-order valence-electron chi connectivity index (χ1n) is 2.61. The summed E-state index contributed by atoms with van der Waals surface area (Å²) in [4.78, 5) is 3.85. The summed E-state index contributed by atoms with van der Waals surface area (Å²) in [5.74, 6) is 0. The van der Waals surface area contributed by atoms with Crippen LogP contribution in [0.2, 0.25) is 0 Å². The van der Waals surface area contributed by atoms with Gasteiger partial charge in [-0.25, -0.2) is 4.98 Å². The van der Waals surface area contributed by atoms with Gasteiger partial charge in [0.15, 0.2) is 0 Å². The highest BCUT2D eigenvalue weighted by molar-refractivity contribution is 9.10. The molecule has 50 valence electrons. The summed E-state index contributed by atoms with van der Waals surface area (Å²) in [6, 6.07) is 0. The van der Waals surface area contributed by atoms with E-state index in [1.807, 2.05) is 4.57 Å². The van der Waals surface area contributed by atoms with Crippen LogP contribution in [0.1, 0.15) is 0 Å². The lowest BCUT2D eigenvalue weighted by atomic mass is 10.7. The topological polar surface area (TPSA) is 38.0 Å². The van der Waals surface area contributed by atoms with Crippen molar-refractivity contribution in [3.63, 3.8) is 0 Å². The van der Waals surface area contributed by atoms with Crippen LogP contribution in [-0.2, 0) is 6.54 Å². The molecular formula is C5H7BrN2O. The van der Waals surface area contributed by atoms with Crippen molar-refractivity contribution in [2.75, 3.05) is 6.61 Å². The Labute approximate surface area is 61.5 Å². The Morgan fingerprint density at radius 1 is 1.78 bits per heavy atom. The fraction of sp³-hybridized carbons (Fsp3) is 0.400. The predicted molar refractivity (Wildman–Crippen MR) is 37.0 cm³/mol. The first-order chi connectivity index (χ1) is 4.34. The molecule has 0 atom stereocenters. The molecule has 0 fully saturated rings. The monoisotopic (exact) mass is 190 g/mol. The van der Waals surface area contributed by atoms with Gasteiger partial charge in [0.1, 0.15) is 4.60 Å². The molecule has 0 bridgehead atoms. The van der Waals surface area contributed by atoms with E-state index >= 15 is 0 Å². The van der Waals surface area contributed by atoms with E-state index in [0.29, 0.717) is 6.54 Å². The van der Waals surface area contributed by atoms with Crippen LogP contribution in [0.4, 0.5) is 0 Å². The summed E-state index contributed by atoms with van der Waals surface area (Å²) in [5.41, 5.74) is 0. The number of nitrogens with zero attached hydrogens (tertiary/aromatic N) is 2. The fourth-order valence-corrected chi connectivity index (χ4v) is 0.964. The molecule has 1 aromatic heterocycles. The number of hydrogen-bond acceptors (Lipinski definition) is 2. The van der Waals surface area contributed by atoms with E-state index in [1.165, 1.54) is 0 Å². The number of rotatable bonds is 2. The van der Waals surface area contributed by atoms with Crippen molar-refractivity contribution in [3.05, 3.63) is 17.1 Å². The quantitative estimate of drug-likeness (QED) is 0.744. The second-order valence-corrected chi connectivity index (χ2v) is 2.45. The SMILES string of the molecule is OCCn1cncc1Br. The van der Waals surface area contributed by atoms with Crippen molar-refractivity contribution in [1.29, 1.82) is 0 Å². The molecule has 0 saturated carbocycles. The van der Waals surface area contributed by atoms with Crippen molar-refractivity contribution in [1.82, 2.24) is 9.55 Å². The van der Waals surface area contributed by atoms with Gasteiger partial charge in [0.25, 0.3) is 0 Å². The van der Waals surface area contributed by atoms with Crippen molar-refractivity contribution in [2.45, 2.75) is 6.54 Å². The minimum atomic E-state index is 0.148. The molecule has 0 amide bonds. The zero-order chi connectivity index (χ0) is 6.69. The third-order valence-electron chi connectivity index (χ3n) is 1.00. The summed E-state index contributed by atoms with van der Waals surface area (Å²) in [7, 11) is 0. The second kappa shape index (κ2) is 2.98. The lowest BCUT2D eigenvalue weighted by Gasteiger charge is -1.97. The van der Waals surface area contributed by atoms with Gasteiger partial charge in [-0.15, -0.1) is 0 Å². The Hall–Kier alpha value is -0.350. The van der Waals surface area contributed by atoms with Crippen molar-refractivity contribution in [2.24, 2.45) is 0 Å². The molecule has 1 heterocycles. The van der Waals surface area contributed by atoms with Crippen molar-refractivity contribution in [3.8, 4) is 0 Å². The van der Waals surface area contributed by atoms with Crippen LogP contribution in [0.25, 0.3) is 0 Å². The first-order valence-corrected chi connectivity index (χ1v) is 3.40. The maximum atomic E-state index is 8.49. The number of aliphatic hydroxyl groups is 1. The largest absolute Gasteiger partial charge is 0.395 e. The number of hydrogen-bond donors (Lipinski definition) is 1. The lowest BCUT2D eigenvalue weighted by molar-refractivity contribution is 0.275. The van der Waals surface area contributed by atoms with Crippen molar-refractivity contribution >= 4 is 15.9 Å². The molecule has 0 radical (unpaired) electrons. The van der Waals surface area contributed by atoms with E-state index in [-0.39, 0.29) is 6.61 Å². The minimum Gasteiger partial charge on any atom is -0.395 e. The molecule has 0 aliphatic carbocycles. The van der Waals surface area contributed by atoms with Crippen LogP contribution in [0.3, 0.4) is 0 Å². The fourth-order valence-electron chi connectivity index (χ4n) is 0.577. The molecule has 4 heteroatoms. The molecule has 0 aliphatic heterocycles. The van der Waals surface area contributed by atoms with E-state index in [4.69, 9.17) is 5.11 Å². The van der Waals surface area contributed by atoms with Crippen molar-refractivity contribution < 1.29 is 5.11 Å². The van der Waals surface area contributed by atoms with Gasteiger partial charge in [-0.05, 0) is 15.9 Å². The molecule has 3 nitrogen and oxygen atoms in total. The predicted octanol–water partition coefficient (Wildman–Crippen LogP) is 0.638. The average Bonchev–Trinajstić information content (AvgIpc) is 2.18. The van der Waals surface area contributed by atoms with E-state index in [1.54, 1.807) is 12.5 Å². The number of aliphatic hydroxyl groups excluding tert-OH is 1. The van der Waals surface area contributed by atoms with Gasteiger partial charge in [0, 0.05) is 6.54 Å². The molecule has 0 aliphatic rings. The van der Waals surface area contributed by atoms with E-state index < -0.39 is 0 Å². The zero-order valence-corrected chi connectivity index (χ0v) is 6.37. The molecule has 1 aromatic rings. The van der Waals surface area contributed by atoms with Crippen LogP contribution in [0.15, 0.2) is 17.1 Å². The van der Waals surface area contributed by atoms with Crippen LogP contribution in [-0.4, -0.2) is 21.3 Å². The lowest BCUT2D eigenvalue weighted by Crippen LogP contribution is -1.99. The van der Waals surface area contributed by atoms with E-state index in [2.05, 4.69) is 20.9 Å². The smallest absolute Gasteiger partial charge is 0.104 e. The maximum absolute atomic E-state index is 8.49. The van der Waals surface area contributed by atoms with Crippen LogP contribution in [0.5, 0.6) is 0 Å². The second-order valence-electron chi connectivity index (χ2n) is 1.63. The van der Waals surface area contributed by atoms with Gasteiger partial charge in [-0.3, -0.25) is 0 Å². The average molecular weight is 191 g/mol. The van der Waals surface area contributed by atoms with Crippen LogP contribution >= 0.6 is 15.9 Å². The first kappa shape index (κ1) is 6.77. The Balaban J connectivity index is 2.69. The molecule has 1 N–H and O–H groups in total. The molecule has 0 saturated heterocycles. The highest BCUT2D eigenvalue weighted by Gasteiger charge is 1.93. The number of aromatic nitrogens is 2. The molecular weight excluding hydrogens is 184 g/mol. The summed E-state index contributed by atoms with van der Waals surface area (Å²) < 4.78 is 2.72. The van der Waals surface area contributed by atoms with Gasteiger partial charge in [-0.2, -0.15) is 0 Å². The highest BCUT2D eigenvalue weighted by Crippen LogP contribution is 2.06. The Morgan fingerprint density at radius 3 is 3.00 bits per heavy atom. The van der Waals surface area contributed by atoms with Gasteiger partial charge in [-0.1, -0.05) is 0 Å². The molecule has 9 heavy (non-hydrogen) atoms. The standard InChI is InChI=1S/C5H7BrN2O/c6-5-3-7-4-8(5)1-2-9/h3-4,9H,1-2H2. The highest BCUT2D eigenvalue weighted by atomic mass is 79.9. The van der Waals surface area contributed by atoms with E-state index in [9.17, 15) is 0 Å². The maximum Gasteiger partial charge on any atom is 0.104 e. The Morgan fingerprint density at radius 2 is 2.56 bits per heavy atom. The summed E-state index contributed by atoms with van der Waals surface area (Å²) in [6.07, 6.45) is 3.36. The number of halogens is 1. The molecule has 0 spiro atoms.